The van der Waals surface area contributed by atoms with Crippen LogP contribution in [0, 0.1) is 0 Å². The lowest BCUT2D eigenvalue weighted by atomic mass is 10.1. The van der Waals surface area contributed by atoms with E-state index in [-0.39, 0.29) is 12.5 Å². The monoisotopic (exact) mass is 279 g/mol. The molecule has 0 saturated carbocycles. The molecule has 0 heterocycles. The molecule has 1 aromatic carbocycles. The highest BCUT2D eigenvalue weighted by Gasteiger charge is 2.19. The summed E-state index contributed by atoms with van der Waals surface area (Å²) >= 11 is 1.55. The fraction of sp³-hybridized carbons (Fsp3) is 0.533. The van der Waals surface area contributed by atoms with E-state index in [1.54, 1.807) is 11.8 Å². The summed E-state index contributed by atoms with van der Waals surface area (Å²) in [5, 5.41) is 11.9. The number of thioether (sulfide) groups is 1. The molecule has 0 radical (unpaired) electrons. The highest BCUT2D eigenvalue weighted by Crippen LogP contribution is 2.27. The Morgan fingerprint density at radius 3 is 2.84 bits per heavy atom. The summed E-state index contributed by atoms with van der Waals surface area (Å²) in [5.41, 5.74) is 2.34. The first-order chi connectivity index (χ1) is 9.00. The third-order valence-electron chi connectivity index (χ3n) is 3.31. The molecule has 3 nitrogen and oxygen atoms in total. The van der Waals surface area contributed by atoms with E-state index in [1.807, 2.05) is 13.8 Å². The number of hydrogen-bond donors (Lipinski definition) is 2. The average Bonchev–Trinajstić information content (AvgIpc) is 2.83. The van der Waals surface area contributed by atoms with Gasteiger partial charge in [-0.3, -0.25) is 4.79 Å². The number of aliphatic hydroxyl groups excluding tert-OH is 1. The van der Waals surface area contributed by atoms with Crippen molar-refractivity contribution in [2.24, 2.45) is 0 Å². The predicted octanol–water partition coefficient (Wildman–Crippen LogP) is 2.15. The Kier molecular flexibility index (Phi) is 4.53. The lowest BCUT2D eigenvalue weighted by Crippen LogP contribution is -2.47. The van der Waals surface area contributed by atoms with Gasteiger partial charge in [-0.25, -0.2) is 0 Å². The van der Waals surface area contributed by atoms with Crippen LogP contribution in [-0.4, -0.2) is 28.9 Å². The topological polar surface area (TPSA) is 49.3 Å². The summed E-state index contributed by atoms with van der Waals surface area (Å²) in [6.07, 6.45) is 3.59. The van der Waals surface area contributed by atoms with Crippen molar-refractivity contribution in [3.63, 3.8) is 0 Å². The number of amides is 1. The zero-order valence-electron chi connectivity index (χ0n) is 11.5. The molecule has 1 aromatic rings. The van der Waals surface area contributed by atoms with Crippen LogP contribution in [0.3, 0.4) is 0 Å². The highest BCUT2D eigenvalue weighted by molar-refractivity contribution is 8.00. The van der Waals surface area contributed by atoms with Gasteiger partial charge < -0.3 is 10.4 Å². The van der Waals surface area contributed by atoms with Gasteiger partial charge in [-0.2, -0.15) is 0 Å². The van der Waals surface area contributed by atoms with Crippen LogP contribution < -0.4 is 5.32 Å². The standard InChI is InChI=1S/C15H21NO2S/c1-15(2,10-17)16-14(18)9-19-13-7-6-11-4-3-5-12(11)8-13/h6-8,17H,3-5,9-10H2,1-2H3,(H,16,18). The summed E-state index contributed by atoms with van der Waals surface area (Å²) in [6.45, 7) is 3.57. The Bertz CT molecular complexity index is 471. The maximum atomic E-state index is 11.8. The third-order valence-corrected chi connectivity index (χ3v) is 4.31. The van der Waals surface area contributed by atoms with Crippen molar-refractivity contribution in [1.29, 1.82) is 0 Å². The zero-order chi connectivity index (χ0) is 13.9. The van der Waals surface area contributed by atoms with Crippen molar-refractivity contribution in [3.8, 4) is 0 Å². The molecule has 104 valence electrons. The Morgan fingerprint density at radius 2 is 2.11 bits per heavy atom. The van der Waals surface area contributed by atoms with Crippen LogP contribution in [0.25, 0.3) is 0 Å². The minimum Gasteiger partial charge on any atom is -0.394 e. The van der Waals surface area contributed by atoms with E-state index in [1.165, 1.54) is 24.0 Å². The van der Waals surface area contributed by atoms with Crippen molar-refractivity contribution in [2.45, 2.75) is 43.5 Å². The molecule has 1 amide bonds. The molecule has 0 unspecified atom stereocenters. The normalized spacial score (nSPS) is 14.3. The maximum Gasteiger partial charge on any atom is 0.230 e. The van der Waals surface area contributed by atoms with Crippen LogP contribution >= 0.6 is 11.8 Å². The Hall–Kier alpha value is -1.00. The summed E-state index contributed by atoms with van der Waals surface area (Å²) in [4.78, 5) is 12.9. The first-order valence-corrected chi connectivity index (χ1v) is 7.65. The molecule has 0 fully saturated rings. The van der Waals surface area contributed by atoms with E-state index in [9.17, 15) is 4.79 Å². The van der Waals surface area contributed by atoms with Gasteiger partial charge >= 0.3 is 0 Å². The Labute approximate surface area is 118 Å². The summed E-state index contributed by atoms with van der Waals surface area (Å²) < 4.78 is 0. The number of benzene rings is 1. The Morgan fingerprint density at radius 1 is 1.37 bits per heavy atom. The second kappa shape index (κ2) is 5.97. The lowest BCUT2D eigenvalue weighted by molar-refractivity contribution is -0.120. The van der Waals surface area contributed by atoms with Crippen LogP contribution in [0.15, 0.2) is 23.1 Å². The molecular weight excluding hydrogens is 258 g/mol. The van der Waals surface area contributed by atoms with Crippen molar-refractivity contribution in [3.05, 3.63) is 29.3 Å². The molecule has 1 aliphatic carbocycles. The number of aliphatic hydroxyl groups is 1. The van der Waals surface area contributed by atoms with Gasteiger partial charge in [0.15, 0.2) is 0 Å². The SMILES string of the molecule is CC(C)(CO)NC(=O)CSc1ccc2c(c1)CCC2. The lowest BCUT2D eigenvalue weighted by Gasteiger charge is -2.23. The molecule has 19 heavy (non-hydrogen) atoms. The highest BCUT2D eigenvalue weighted by atomic mass is 32.2. The molecule has 4 heteroatoms. The zero-order valence-corrected chi connectivity index (χ0v) is 12.3. The second-order valence-electron chi connectivity index (χ2n) is 5.66. The summed E-state index contributed by atoms with van der Waals surface area (Å²) in [6, 6.07) is 6.48. The van der Waals surface area contributed by atoms with Gasteiger partial charge in [0.25, 0.3) is 0 Å². The molecule has 0 aromatic heterocycles. The smallest absolute Gasteiger partial charge is 0.230 e. The number of hydrogen-bond acceptors (Lipinski definition) is 3. The first kappa shape index (κ1) is 14.4. The van der Waals surface area contributed by atoms with Gasteiger partial charge in [-0.05, 0) is 56.4 Å². The van der Waals surface area contributed by atoms with Crippen LogP contribution in [-0.2, 0) is 17.6 Å². The molecule has 0 atom stereocenters. The van der Waals surface area contributed by atoms with Crippen LogP contribution in [0.5, 0.6) is 0 Å². The van der Waals surface area contributed by atoms with Gasteiger partial charge in [0.05, 0.1) is 17.9 Å². The van der Waals surface area contributed by atoms with E-state index in [2.05, 4.69) is 23.5 Å². The fourth-order valence-corrected chi connectivity index (χ4v) is 3.00. The van der Waals surface area contributed by atoms with E-state index < -0.39 is 5.54 Å². The van der Waals surface area contributed by atoms with Gasteiger partial charge in [0.1, 0.15) is 0 Å². The summed E-state index contributed by atoms with van der Waals surface area (Å²) in [5.74, 6) is 0.354. The number of carbonyl (C=O) groups excluding carboxylic acids is 1. The fourth-order valence-electron chi connectivity index (χ4n) is 2.24. The largest absolute Gasteiger partial charge is 0.394 e. The van der Waals surface area contributed by atoms with Crippen molar-refractivity contribution in [1.82, 2.24) is 5.32 Å². The number of aryl methyl sites for hydroxylation is 2. The molecule has 2 rings (SSSR count). The molecule has 0 aliphatic heterocycles. The van der Waals surface area contributed by atoms with Crippen molar-refractivity contribution in [2.75, 3.05) is 12.4 Å². The maximum absolute atomic E-state index is 11.8. The summed E-state index contributed by atoms with van der Waals surface area (Å²) in [7, 11) is 0. The third kappa shape index (κ3) is 3.98. The molecule has 2 N–H and O–H groups in total. The predicted molar refractivity (Wildman–Crippen MR) is 78.5 cm³/mol. The van der Waals surface area contributed by atoms with Gasteiger partial charge in [0, 0.05) is 4.90 Å². The van der Waals surface area contributed by atoms with E-state index in [0.717, 1.165) is 11.3 Å². The van der Waals surface area contributed by atoms with E-state index in [0.29, 0.717) is 5.75 Å². The molecular formula is C15H21NO2S. The minimum absolute atomic E-state index is 0.0375. The Balaban J connectivity index is 1.87. The number of nitrogens with one attached hydrogen (secondary N) is 1. The quantitative estimate of drug-likeness (QED) is 0.812. The van der Waals surface area contributed by atoms with Crippen LogP contribution in [0.1, 0.15) is 31.4 Å². The molecule has 0 spiro atoms. The van der Waals surface area contributed by atoms with Gasteiger partial charge in [-0.15, -0.1) is 11.8 Å². The second-order valence-corrected chi connectivity index (χ2v) is 6.71. The van der Waals surface area contributed by atoms with Crippen molar-refractivity contribution < 1.29 is 9.90 Å². The number of rotatable bonds is 5. The van der Waals surface area contributed by atoms with E-state index in [4.69, 9.17) is 5.11 Å². The molecule has 0 bridgehead atoms. The van der Waals surface area contributed by atoms with Gasteiger partial charge in [0.2, 0.25) is 5.91 Å². The first-order valence-electron chi connectivity index (χ1n) is 6.67. The van der Waals surface area contributed by atoms with E-state index >= 15 is 0 Å². The number of fused-ring (bicyclic) bond motifs is 1. The van der Waals surface area contributed by atoms with Crippen LogP contribution in [0.2, 0.25) is 0 Å². The molecule has 0 saturated heterocycles. The molecule has 1 aliphatic rings. The van der Waals surface area contributed by atoms with Crippen molar-refractivity contribution >= 4 is 17.7 Å². The van der Waals surface area contributed by atoms with Crippen LogP contribution in [0.4, 0.5) is 0 Å². The average molecular weight is 279 g/mol. The van der Waals surface area contributed by atoms with Gasteiger partial charge in [-0.1, -0.05) is 6.07 Å². The minimum atomic E-state index is -0.546. The number of carbonyl (C=O) groups is 1.